The number of amides is 2. The van der Waals surface area contributed by atoms with Gasteiger partial charge in [0.1, 0.15) is 18.4 Å². The van der Waals surface area contributed by atoms with Crippen molar-refractivity contribution in [3.63, 3.8) is 0 Å². The third-order valence-corrected chi connectivity index (χ3v) is 3.13. The summed E-state index contributed by atoms with van der Waals surface area (Å²) in [6.45, 7) is 13.2. The van der Waals surface area contributed by atoms with E-state index in [9.17, 15) is 14.4 Å². The monoisotopic (exact) mass is 401 g/mol. The number of ether oxygens (including phenoxy) is 1. The molecule has 0 radical (unpaired) electrons. The lowest BCUT2D eigenvalue weighted by Gasteiger charge is -2.21. The quantitative estimate of drug-likeness (QED) is 0.532. The van der Waals surface area contributed by atoms with Crippen molar-refractivity contribution in [1.82, 2.24) is 10.2 Å². The zero-order chi connectivity index (χ0) is 23.2. The van der Waals surface area contributed by atoms with Gasteiger partial charge in [0.25, 0.3) is 6.47 Å². The lowest BCUT2D eigenvalue weighted by molar-refractivity contribution is -0.138. The molecule has 1 heterocycles. The van der Waals surface area contributed by atoms with Crippen LogP contribution >= 0.6 is 0 Å². The van der Waals surface area contributed by atoms with Crippen LogP contribution in [0.15, 0.2) is 0 Å². The molecular formula is C20H39N3O5. The summed E-state index contributed by atoms with van der Waals surface area (Å²) in [5.74, 6) is -0.453. The fourth-order valence-corrected chi connectivity index (χ4v) is 1.76. The molecule has 1 rings (SSSR count). The number of nitrogens with zero attached hydrogens (tertiary/aromatic N) is 1. The summed E-state index contributed by atoms with van der Waals surface area (Å²) < 4.78 is 4.55. The highest BCUT2D eigenvalue weighted by Crippen LogP contribution is 2.16. The van der Waals surface area contributed by atoms with Gasteiger partial charge < -0.3 is 25.5 Å². The van der Waals surface area contributed by atoms with E-state index in [0.29, 0.717) is 19.4 Å². The first-order valence-corrected chi connectivity index (χ1v) is 9.11. The molecule has 2 amide bonds. The number of nitrogens with one attached hydrogen (secondary N) is 1. The van der Waals surface area contributed by atoms with Gasteiger partial charge in [0.05, 0.1) is 6.54 Å². The summed E-state index contributed by atoms with van der Waals surface area (Å²) in [6, 6.07) is -0.388. The number of terminal acetylenes is 1. The minimum absolute atomic E-state index is 0.0520. The molecule has 164 valence electrons. The first-order chi connectivity index (χ1) is 13.1. The van der Waals surface area contributed by atoms with Gasteiger partial charge in [-0.05, 0) is 40.7 Å². The molecule has 1 saturated heterocycles. The molecule has 1 aliphatic heterocycles. The largest absolute Gasteiger partial charge is 0.462 e. The zero-order valence-electron chi connectivity index (χ0n) is 18.3. The van der Waals surface area contributed by atoms with Gasteiger partial charge in [0.2, 0.25) is 11.8 Å². The van der Waals surface area contributed by atoms with E-state index in [4.69, 9.17) is 10.5 Å². The van der Waals surface area contributed by atoms with Crippen LogP contribution in [-0.2, 0) is 23.9 Å². The third kappa shape index (κ3) is 21.6. The number of nitrogens with two attached hydrogens (primary N) is 1. The lowest BCUT2D eigenvalue weighted by Crippen LogP contribution is -2.46. The molecule has 8 nitrogen and oxygen atoms in total. The minimum atomic E-state index is -0.401. The highest BCUT2D eigenvalue weighted by Gasteiger charge is 2.31. The first-order valence-electron chi connectivity index (χ1n) is 9.11. The Kier molecular flexibility index (Phi) is 26.8. The molecule has 1 fully saturated rings. The van der Waals surface area contributed by atoms with Crippen molar-refractivity contribution in [2.45, 2.75) is 71.9 Å². The molecule has 28 heavy (non-hydrogen) atoms. The molecule has 1 aliphatic rings. The van der Waals surface area contributed by atoms with Crippen molar-refractivity contribution in [1.29, 1.82) is 0 Å². The smallest absolute Gasteiger partial charge is 0.293 e. The first kappa shape index (κ1) is 33.2. The van der Waals surface area contributed by atoms with E-state index in [2.05, 4.69) is 36.7 Å². The molecule has 0 unspecified atom stereocenters. The fourth-order valence-electron chi connectivity index (χ4n) is 1.76. The summed E-state index contributed by atoms with van der Waals surface area (Å²) in [6.07, 6.45) is 12.2. The Balaban J connectivity index is -0.000000163. The molecule has 0 saturated carbocycles. The second-order valence-corrected chi connectivity index (χ2v) is 6.50. The number of carbonyl (C=O) groups excluding carboxylic acids is 4. The van der Waals surface area contributed by atoms with Crippen molar-refractivity contribution in [2.24, 2.45) is 5.73 Å². The Morgan fingerprint density at radius 3 is 1.96 bits per heavy atom. The Morgan fingerprint density at radius 1 is 1.25 bits per heavy atom. The summed E-state index contributed by atoms with van der Waals surface area (Å²) in [4.78, 5) is 41.5. The van der Waals surface area contributed by atoms with E-state index in [1.165, 1.54) is 12.8 Å². The zero-order valence-corrected chi connectivity index (χ0v) is 18.3. The molecule has 8 heteroatoms. The van der Waals surface area contributed by atoms with E-state index in [-0.39, 0.29) is 24.1 Å². The van der Waals surface area contributed by atoms with Crippen LogP contribution in [0.1, 0.15) is 60.3 Å². The number of carbonyl (C=O) groups is 4. The summed E-state index contributed by atoms with van der Waals surface area (Å²) in [5.41, 5.74) is 4.85. The normalized spacial score (nSPS) is 14.1. The minimum Gasteiger partial charge on any atom is -0.462 e. The predicted molar refractivity (Wildman–Crippen MR) is 112 cm³/mol. The molecule has 0 aromatic rings. The van der Waals surface area contributed by atoms with Gasteiger partial charge >= 0.3 is 0 Å². The number of likely N-dealkylation sites (N-methyl/N-ethyl adjacent to an activating group) is 1. The van der Waals surface area contributed by atoms with Crippen LogP contribution in [0.3, 0.4) is 0 Å². The van der Waals surface area contributed by atoms with E-state index in [0.717, 1.165) is 6.42 Å². The number of likely N-dealkylation sites (tertiary alicyclic amines) is 1. The van der Waals surface area contributed by atoms with Crippen molar-refractivity contribution in [3.05, 3.63) is 0 Å². The Hall–Kier alpha value is -2.40. The van der Waals surface area contributed by atoms with Crippen molar-refractivity contribution >= 4 is 25.1 Å². The van der Waals surface area contributed by atoms with Gasteiger partial charge in [-0.15, -0.1) is 12.8 Å². The van der Waals surface area contributed by atoms with Crippen molar-refractivity contribution in [3.8, 4) is 12.8 Å². The molecule has 1 atom stereocenters. The van der Waals surface area contributed by atoms with Crippen LogP contribution in [0.5, 0.6) is 0 Å². The molecule has 0 spiro atoms. The van der Waals surface area contributed by atoms with Gasteiger partial charge in [-0.1, -0.05) is 26.7 Å². The predicted octanol–water partition coefficient (Wildman–Crippen LogP) is 1.51. The van der Waals surface area contributed by atoms with Gasteiger partial charge in [-0.2, -0.15) is 0 Å². The second-order valence-electron chi connectivity index (χ2n) is 6.50. The van der Waals surface area contributed by atoms with E-state index >= 15 is 0 Å². The van der Waals surface area contributed by atoms with Gasteiger partial charge in [0, 0.05) is 6.54 Å². The van der Waals surface area contributed by atoms with Gasteiger partial charge in [-0.3, -0.25) is 14.4 Å². The van der Waals surface area contributed by atoms with E-state index in [1.807, 2.05) is 27.6 Å². The van der Waals surface area contributed by atoms with Crippen molar-refractivity contribution < 1.29 is 23.9 Å². The highest BCUT2D eigenvalue weighted by molar-refractivity contribution is 5.87. The molecule has 0 aliphatic carbocycles. The number of hydrogen-bond donors (Lipinski definition) is 2. The van der Waals surface area contributed by atoms with Gasteiger partial charge in [0.15, 0.2) is 0 Å². The molecule has 0 aromatic heterocycles. The maximum Gasteiger partial charge on any atom is 0.293 e. The molecule has 3 N–H and O–H groups in total. The molecule has 0 aromatic carbocycles. The Labute approximate surface area is 170 Å². The standard InChI is InChI=1S/C8H15N3O2.C5H10O2.C4H10.C2H2.CH2O/c1-10-5-7(12)11-4-2-3-6(11)8(9)13;1-5(2,3)7-4-6;1-3-4-2;2*1-2/h6,10H,2-5H2,1H3,(H2,9,13);4H,1-3H3;3-4H2,1-2H3;1-2H;1H2/t6-;;;;/m0..../s1. The second kappa shape index (κ2) is 22.6. The van der Waals surface area contributed by atoms with Crippen LogP contribution in [0.25, 0.3) is 0 Å². The lowest BCUT2D eigenvalue weighted by atomic mass is 10.2. The van der Waals surface area contributed by atoms with Crippen LogP contribution < -0.4 is 11.1 Å². The van der Waals surface area contributed by atoms with E-state index < -0.39 is 5.91 Å². The Bertz CT molecular complexity index is 418. The maximum atomic E-state index is 11.4. The number of primary amides is 1. The summed E-state index contributed by atoms with van der Waals surface area (Å²) in [5, 5.41) is 2.76. The topological polar surface area (TPSA) is 119 Å². The number of hydrogen-bond acceptors (Lipinski definition) is 6. The number of unbranched alkanes of at least 4 members (excludes halogenated alkanes) is 1. The van der Waals surface area contributed by atoms with Crippen molar-refractivity contribution in [2.75, 3.05) is 20.1 Å². The van der Waals surface area contributed by atoms with Crippen LogP contribution in [0.2, 0.25) is 0 Å². The average molecular weight is 402 g/mol. The maximum absolute atomic E-state index is 11.4. The number of rotatable bonds is 5. The third-order valence-electron chi connectivity index (χ3n) is 3.13. The average Bonchev–Trinajstić information content (AvgIpc) is 3.15. The van der Waals surface area contributed by atoms with Crippen LogP contribution in [-0.4, -0.2) is 61.8 Å². The van der Waals surface area contributed by atoms with Gasteiger partial charge in [-0.25, -0.2) is 0 Å². The summed E-state index contributed by atoms with van der Waals surface area (Å²) >= 11 is 0. The SMILES string of the molecule is C#C.C=O.CC(C)(C)OC=O.CCCC.CNCC(=O)N1CCC[C@H]1C(N)=O. The fraction of sp³-hybridized carbons (Fsp3) is 0.700. The molecular weight excluding hydrogens is 362 g/mol. The molecule has 0 bridgehead atoms. The summed E-state index contributed by atoms with van der Waals surface area (Å²) in [7, 11) is 1.70. The Morgan fingerprint density at radius 2 is 1.71 bits per heavy atom. The van der Waals surface area contributed by atoms with Crippen LogP contribution in [0, 0.1) is 12.8 Å². The van der Waals surface area contributed by atoms with E-state index in [1.54, 1.807) is 11.9 Å². The highest BCUT2D eigenvalue weighted by atomic mass is 16.5. The van der Waals surface area contributed by atoms with Crippen LogP contribution in [0.4, 0.5) is 0 Å².